The van der Waals surface area contributed by atoms with E-state index >= 15 is 4.39 Å². The van der Waals surface area contributed by atoms with E-state index in [1.54, 1.807) is 13.3 Å². The van der Waals surface area contributed by atoms with E-state index in [1.165, 1.54) is 11.3 Å². The molecule has 0 amide bonds. The molecule has 1 aromatic carbocycles. The number of halogens is 4. The van der Waals surface area contributed by atoms with Crippen molar-refractivity contribution >= 4 is 32.4 Å². The number of fused-ring (bicyclic) bond motifs is 1. The summed E-state index contributed by atoms with van der Waals surface area (Å²) in [5, 5.41) is 5.15. The summed E-state index contributed by atoms with van der Waals surface area (Å²) in [4.78, 5) is 16.3. The number of hydrogen-bond donors (Lipinski definition) is 0. The van der Waals surface area contributed by atoms with E-state index in [0.29, 0.717) is 53.0 Å². The molecule has 5 heterocycles. The minimum absolute atomic E-state index is 0.0343. The zero-order valence-corrected chi connectivity index (χ0v) is 22.9. The van der Waals surface area contributed by atoms with Crippen molar-refractivity contribution in [3.8, 4) is 11.3 Å². The van der Waals surface area contributed by atoms with Gasteiger partial charge in [0.15, 0.2) is 16.6 Å². The number of benzene rings is 1. The predicted octanol–water partition coefficient (Wildman–Crippen LogP) is 6.21. The molecule has 13 heteroatoms. The highest BCUT2D eigenvalue weighted by Gasteiger charge is 2.33. The van der Waals surface area contributed by atoms with Gasteiger partial charge in [0.25, 0.3) is 0 Å². The lowest BCUT2D eigenvalue weighted by Gasteiger charge is -2.21. The van der Waals surface area contributed by atoms with Crippen molar-refractivity contribution in [3.63, 3.8) is 0 Å². The summed E-state index contributed by atoms with van der Waals surface area (Å²) in [7, 11) is 1.67. The van der Waals surface area contributed by atoms with Crippen molar-refractivity contribution in [2.75, 3.05) is 31.7 Å². The molecule has 0 spiro atoms. The van der Waals surface area contributed by atoms with Crippen molar-refractivity contribution in [2.45, 2.75) is 50.1 Å². The molecule has 2 fully saturated rings. The SMILES string of the molecule is CO[C@H]1CCN(c2nc3nc(C4=C[C@H](c5cnn(C6CC6)c5)OCC4)nc(-c4ccc(C(F)(F)F)cc4F)c3s2)C1. The van der Waals surface area contributed by atoms with Gasteiger partial charge in [-0.05, 0) is 55.5 Å². The summed E-state index contributed by atoms with van der Waals surface area (Å²) < 4.78 is 69.1. The van der Waals surface area contributed by atoms with E-state index in [-0.39, 0.29) is 23.5 Å². The summed E-state index contributed by atoms with van der Waals surface area (Å²) in [5.74, 6) is -0.657. The number of nitrogens with zero attached hydrogens (tertiary/aromatic N) is 6. The van der Waals surface area contributed by atoms with Gasteiger partial charge in [-0.2, -0.15) is 23.3 Å². The van der Waals surface area contributed by atoms with E-state index in [0.717, 1.165) is 49.1 Å². The zero-order valence-electron chi connectivity index (χ0n) is 22.1. The maximum atomic E-state index is 15.3. The molecular formula is C28H26F4N6O2S. The van der Waals surface area contributed by atoms with Crippen LogP contribution in [0.4, 0.5) is 22.7 Å². The molecule has 1 aliphatic carbocycles. The third kappa shape index (κ3) is 5.10. The number of hydrogen-bond acceptors (Lipinski definition) is 8. The van der Waals surface area contributed by atoms with E-state index < -0.39 is 17.6 Å². The first-order chi connectivity index (χ1) is 19.8. The van der Waals surface area contributed by atoms with Gasteiger partial charge in [0.05, 0.1) is 36.2 Å². The maximum Gasteiger partial charge on any atom is 0.416 e. The van der Waals surface area contributed by atoms with Gasteiger partial charge in [0.2, 0.25) is 0 Å². The molecule has 4 aromatic rings. The van der Waals surface area contributed by atoms with E-state index in [9.17, 15) is 13.2 Å². The quantitative estimate of drug-likeness (QED) is 0.249. The van der Waals surface area contributed by atoms with E-state index in [1.807, 2.05) is 17.0 Å². The number of methoxy groups -OCH3 is 1. The normalized spacial score (nSPS) is 21.6. The van der Waals surface area contributed by atoms with Gasteiger partial charge in [-0.3, -0.25) is 4.68 Å². The minimum atomic E-state index is -4.66. The van der Waals surface area contributed by atoms with E-state index in [4.69, 9.17) is 24.4 Å². The van der Waals surface area contributed by atoms with Gasteiger partial charge in [0, 0.05) is 37.5 Å². The third-order valence-corrected chi connectivity index (χ3v) is 8.83. The van der Waals surface area contributed by atoms with Crippen LogP contribution in [0.25, 0.3) is 27.2 Å². The second-order valence-corrected chi connectivity index (χ2v) is 11.5. The molecule has 2 atom stereocenters. The molecule has 0 unspecified atom stereocenters. The van der Waals surface area contributed by atoms with Crippen LogP contribution in [0.2, 0.25) is 0 Å². The molecule has 0 N–H and O–H groups in total. The van der Waals surface area contributed by atoms with Crippen LogP contribution in [0.15, 0.2) is 36.7 Å². The molecule has 214 valence electrons. The molecule has 41 heavy (non-hydrogen) atoms. The highest BCUT2D eigenvalue weighted by atomic mass is 32.1. The molecule has 0 bridgehead atoms. The Morgan fingerprint density at radius 1 is 1.12 bits per heavy atom. The van der Waals surface area contributed by atoms with Gasteiger partial charge >= 0.3 is 6.18 Å². The Morgan fingerprint density at radius 3 is 2.71 bits per heavy atom. The lowest BCUT2D eigenvalue weighted by molar-refractivity contribution is -0.137. The van der Waals surface area contributed by atoms with Gasteiger partial charge in [0.1, 0.15) is 16.6 Å². The molecule has 3 aliphatic rings. The molecule has 2 aliphatic heterocycles. The first-order valence-corrected chi connectivity index (χ1v) is 14.3. The fourth-order valence-electron chi connectivity index (χ4n) is 5.28. The first-order valence-electron chi connectivity index (χ1n) is 13.5. The maximum absolute atomic E-state index is 15.3. The first kappa shape index (κ1) is 26.5. The van der Waals surface area contributed by atoms with Crippen LogP contribution in [0.3, 0.4) is 0 Å². The minimum Gasteiger partial charge on any atom is -0.380 e. The highest BCUT2D eigenvalue weighted by Crippen LogP contribution is 2.41. The number of ether oxygens (including phenoxy) is 2. The fraction of sp³-hybridized carbons (Fsp3) is 0.429. The molecule has 7 rings (SSSR count). The number of alkyl halides is 3. The van der Waals surface area contributed by atoms with E-state index in [2.05, 4.69) is 10.00 Å². The molecule has 3 aromatic heterocycles. The number of anilines is 1. The number of rotatable bonds is 6. The van der Waals surface area contributed by atoms with Crippen LogP contribution in [0, 0.1) is 5.82 Å². The van der Waals surface area contributed by atoms with Gasteiger partial charge in [-0.1, -0.05) is 11.3 Å². The summed E-state index contributed by atoms with van der Waals surface area (Å²) in [5.41, 5.74) is 1.21. The van der Waals surface area contributed by atoms with Crippen LogP contribution in [-0.2, 0) is 15.7 Å². The molecular weight excluding hydrogens is 560 g/mol. The second-order valence-electron chi connectivity index (χ2n) is 10.5. The van der Waals surface area contributed by atoms with Crippen molar-refractivity contribution in [1.29, 1.82) is 0 Å². The average Bonchev–Trinajstić information content (AvgIpc) is 3.35. The van der Waals surface area contributed by atoms with Gasteiger partial charge in [-0.15, -0.1) is 0 Å². The van der Waals surface area contributed by atoms with Crippen molar-refractivity contribution in [1.82, 2.24) is 24.7 Å². The third-order valence-electron chi connectivity index (χ3n) is 7.72. The molecule has 1 saturated heterocycles. The van der Waals surface area contributed by atoms with Crippen LogP contribution in [-0.4, -0.2) is 57.6 Å². The monoisotopic (exact) mass is 586 g/mol. The van der Waals surface area contributed by atoms with Crippen LogP contribution < -0.4 is 4.90 Å². The summed E-state index contributed by atoms with van der Waals surface area (Å²) in [6.07, 6.45) is 4.38. The van der Waals surface area contributed by atoms with Crippen LogP contribution >= 0.6 is 11.3 Å². The summed E-state index contributed by atoms with van der Waals surface area (Å²) >= 11 is 1.30. The van der Waals surface area contributed by atoms with Crippen molar-refractivity contribution in [3.05, 3.63) is 59.4 Å². The summed E-state index contributed by atoms with van der Waals surface area (Å²) in [6.45, 7) is 1.81. The second kappa shape index (κ2) is 10.1. The Morgan fingerprint density at radius 2 is 1.98 bits per heavy atom. The smallest absolute Gasteiger partial charge is 0.380 e. The van der Waals surface area contributed by atoms with Crippen LogP contribution in [0.5, 0.6) is 0 Å². The van der Waals surface area contributed by atoms with Gasteiger partial charge < -0.3 is 14.4 Å². The lowest BCUT2D eigenvalue weighted by Crippen LogP contribution is -2.21. The average molecular weight is 587 g/mol. The molecule has 1 saturated carbocycles. The largest absolute Gasteiger partial charge is 0.416 e. The van der Waals surface area contributed by atoms with Crippen molar-refractivity contribution < 1.29 is 27.0 Å². The standard InChI is InChI=1S/C28H26F4N6O2S/c1-39-19-6-8-37(14-19)27-36-26-24(41-27)23(20-5-2-17(11-21(20)29)28(30,31)32)34-25(35-26)15-7-9-40-22(10-15)16-12-33-38(13-16)18-3-4-18/h2,5,10-13,18-19,22H,3-4,6-9,14H2,1H3/t19-,22+/m0/s1. The van der Waals surface area contributed by atoms with Crippen molar-refractivity contribution in [2.24, 2.45) is 0 Å². The topological polar surface area (TPSA) is 78.2 Å². The fourth-order valence-corrected chi connectivity index (χ4v) is 6.32. The highest BCUT2D eigenvalue weighted by molar-refractivity contribution is 7.22. The Balaban J connectivity index is 1.32. The lowest BCUT2D eigenvalue weighted by atomic mass is 10.0. The number of aromatic nitrogens is 5. The Labute approximate surface area is 236 Å². The van der Waals surface area contributed by atoms with Crippen LogP contribution in [0.1, 0.15) is 54.8 Å². The zero-order chi connectivity index (χ0) is 28.3. The molecule has 0 radical (unpaired) electrons. The predicted molar refractivity (Wildman–Crippen MR) is 145 cm³/mol. The Kier molecular flexibility index (Phi) is 6.55. The summed E-state index contributed by atoms with van der Waals surface area (Å²) in [6, 6.07) is 2.96. The Hall–Kier alpha value is -3.42. The Bertz CT molecular complexity index is 1650. The number of thiazole rings is 1. The van der Waals surface area contributed by atoms with Gasteiger partial charge in [-0.25, -0.2) is 14.4 Å². The molecule has 8 nitrogen and oxygen atoms in total.